The number of hydrogen-bond donors (Lipinski definition) is 1. The van der Waals surface area contributed by atoms with Crippen molar-refractivity contribution < 1.29 is 4.79 Å². The molecule has 2 aromatic heterocycles. The van der Waals surface area contributed by atoms with Crippen molar-refractivity contribution in [3.8, 4) is 11.4 Å². The second-order valence-electron chi connectivity index (χ2n) is 4.40. The topological polar surface area (TPSA) is 85.6 Å². The molecule has 3 aromatic rings. The number of pyridine rings is 1. The molecular weight excluding hydrogens is 268 g/mol. The van der Waals surface area contributed by atoms with Gasteiger partial charge in [-0.3, -0.25) is 9.78 Å². The molecule has 3 rings (SSSR count). The van der Waals surface area contributed by atoms with Crippen molar-refractivity contribution in [2.24, 2.45) is 7.05 Å². The van der Waals surface area contributed by atoms with E-state index in [1.165, 1.54) is 0 Å². The van der Waals surface area contributed by atoms with Crippen LogP contribution in [0.3, 0.4) is 0 Å². The molecule has 21 heavy (non-hydrogen) atoms. The lowest BCUT2D eigenvalue weighted by atomic mass is 10.1. The molecule has 104 valence electrons. The zero-order valence-electron chi connectivity index (χ0n) is 11.3. The Balaban J connectivity index is 1.86. The molecule has 0 aliphatic rings. The van der Waals surface area contributed by atoms with Crippen molar-refractivity contribution >= 4 is 11.6 Å². The van der Waals surface area contributed by atoms with E-state index in [4.69, 9.17) is 0 Å². The van der Waals surface area contributed by atoms with Gasteiger partial charge in [-0.05, 0) is 34.7 Å². The number of carbonyl (C=O) groups excluding carboxylic acids is 1. The maximum absolute atomic E-state index is 12.2. The fourth-order valence-electron chi connectivity index (χ4n) is 1.91. The predicted octanol–water partition coefficient (Wildman–Crippen LogP) is 1.52. The first-order valence-corrected chi connectivity index (χ1v) is 6.28. The van der Waals surface area contributed by atoms with Crippen molar-refractivity contribution in [2.75, 3.05) is 5.32 Å². The number of amides is 1. The first-order valence-electron chi connectivity index (χ1n) is 6.28. The van der Waals surface area contributed by atoms with Crippen LogP contribution in [0.25, 0.3) is 11.4 Å². The highest BCUT2D eigenvalue weighted by molar-refractivity contribution is 6.04. The van der Waals surface area contributed by atoms with Crippen molar-refractivity contribution in [3.63, 3.8) is 0 Å². The normalized spacial score (nSPS) is 10.3. The number of nitrogens with one attached hydrogen (secondary N) is 1. The van der Waals surface area contributed by atoms with Crippen molar-refractivity contribution in [2.45, 2.75) is 0 Å². The van der Waals surface area contributed by atoms with Gasteiger partial charge in [0.05, 0.1) is 0 Å². The molecule has 0 aliphatic heterocycles. The van der Waals surface area contributed by atoms with Gasteiger partial charge in [0.1, 0.15) is 0 Å². The Labute approximate surface area is 120 Å². The Morgan fingerprint density at radius 1 is 1.19 bits per heavy atom. The molecule has 1 aromatic carbocycles. The highest BCUT2D eigenvalue weighted by atomic mass is 16.1. The van der Waals surface area contributed by atoms with E-state index in [1.54, 1.807) is 54.5 Å². The molecule has 1 N–H and O–H groups in total. The van der Waals surface area contributed by atoms with E-state index in [9.17, 15) is 4.79 Å². The van der Waals surface area contributed by atoms with Crippen molar-refractivity contribution in [3.05, 3.63) is 54.4 Å². The molecule has 0 bridgehead atoms. The smallest absolute Gasteiger partial charge is 0.255 e. The summed E-state index contributed by atoms with van der Waals surface area (Å²) in [7, 11) is 1.75. The highest BCUT2D eigenvalue weighted by Crippen LogP contribution is 2.17. The van der Waals surface area contributed by atoms with Crippen LogP contribution in [0.4, 0.5) is 5.69 Å². The van der Waals surface area contributed by atoms with Gasteiger partial charge in [-0.15, -0.1) is 5.10 Å². The number of aromatic nitrogens is 5. The number of rotatable bonds is 3. The fraction of sp³-hybridized carbons (Fsp3) is 0.0714. The summed E-state index contributed by atoms with van der Waals surface area (Å²) in [6.45, 7) is 0. The van der Waals surface area contributed by atoms with E-state index in [1.807, 2.05) is 6.07 Å². The van der Waals surface area contributed by atoms with E-state index < -0.39 is 0 Å². The van der Waals surface area contributed by atoms with Crippen LogP contribution in [-0.4, -0.2) is 31.1 Å². The lowest BCUT2D eigenvalue weighted by Gasteiger charge is -2.06. The van der Waals surface area contributed by atoms with E-state index in [0.29, 0.717) is 17.1 Å². The lowest BCUT2D eigenvalue weighted by molar-refractivity contribution is 0.102. The van der Waals surface area contributed by atoms with Crippen LogP contribution in [0.5, 0.6) is 0 Å². The Kier molecular flexibility index (Phi) is 3.38. The molecule has 0 atom stereocenters. The van der Waals surface area contributed by atoms with Crippen LogP contribution in [0.1, 0.15) is 10.4 Å². The average molecular weight is 280 g/mol. The number of hydrogen-bond acceptors (Lipinski definition) is 5. The molecule has 0 saturated heterocycles. The molecule has 7 heteroatoms. The first kappa shape index (κ1) is 12.9. The van der Waals surface area contributed by atoms with Gasteiger partial charge in [-0.2, -0.15) is 0 Å². The second kappa shape index (κ2) is 5.49. The van der Waals surface area contributed by atoms with Crippen molar-refractivity contribution in [1.82, 2.24) is 25.2 Å². The molecule has 7 nitrogen and oxygen atoms in total. The summed E-state index contributed by atoms with van der Waals surface area (Å²) >= 11 is 0. The van der Waals surface area contributed by atoms with Gasteiger partial charge in [0.15, 0.2) is 5.82 Å². The van der Waals surface area contributed by atoms with Gasteiger partial charge in [0.2, 0.25) is 0 Å². The fourth-order valence-corrected chi connectivity index (χ4v) is 1.91. The van der Waals surface area contributed by atoms with E-state index in [0.717, 1.165) is 5.56 Å². The number of carbonyl (C=O) groups is 1. The van der Waals surface area contributed by atoms with E-state index in [-0.39, 0.29) is 5.91 Å². The minimum atomic E-state index is -0.196. The number of nitrogens with zero attached hydrogens (tertiary/aromatic N) is 5. The van der Waals surface area contributed by atoms with Gasteiger partial charge < -0.3 is 5.32 Å². The maximum Gasteiger partial charge on any atom is 0.255 e. The van der Waals surface area contributed by atoms with Crippen LogP contribution < -0.4 is 5.32 Å². The molecule has 1 amide bonds. The zero-order valence-corrected chi connectivity index (χ0v) is 11.3. The highest BCUT2D eigenvalue weighted by Gasteiger charge is 2.10. The zero-order chi connectivity index (χ0) is 14.7. The second-order valence-corrected chi connectivity index (χ2v) is 4.40. The Bertz CT molecular complexity index is 768. The monoisotopic (exact) mass is 280 g/mol. The number of anilines is 1. The number of benzene rings is 1. The Morgan fingerprint density at radius 3 is 2.71 bits per heavy atom. The largest absolute Gasteiger partial charge is 0.322 e. The summed E-state index contributed by atoms with van der Waals surface area (Å²) in [5.74, 6) is 0.409. The molecule has 2 heterocycles. The third-order valence-electron chi connectivity index (χ3n) is 2.94. The first-order chi connectivity index (χ1) is 10.2. The number of tetrazole rings is 1. The summed E-state index contributed by atoms with van der Waals surface area (Å²) in [5, 5.41) is 14.1. The van der Waals surface area contributed by atoms with Crippen molar-refractivity contribution in [1.29, 1.82) is 0 Å². The summed E-state index contributed by atoms with van der Waals surface area (Å²) in [4.78, 5) is 16.1. The van der Waals surface area contributed by atoms with Gasteiger partial charge >= 0.3 is 0 Å². The maximum atomic E-state index is 12.2. The predicted molar refractivity (Wildman–Crippen MR) is 76.4 cm³/mol. The van der Waals surface area contributed by atoms with Gasteiger partial charge in [0.25, 0.3) is 5.91 Å². The quantitative estimate of drug-likeness (QED) is 0.786. The lowest BCUT2D eigenvalue weighted by Crippen LogP contribution is -2.12. The minimum Gasteiger partial charge on any atom is -0.322 e. The molecule has 0 saturated carbocycles. The van der Waals surface area contributed by atoms with Crippen LogP contribution in [0.2, 0.25) is 0 Å². The summed E-state index contributed by atoms with van der Waals surface area (Å²) in [5.41, 5.74) is 2.01. The standard InChI is InChI=1S/C14H12N6O/c1-20-13(17-18-19-20)10-3-2-4-11(9-10)14(21)16-12-5-7-15-8-6-12/h2-9H,1H3,(H,15,16,21). The summed E-state index contributed by atoms with van der Waals surface area (Å²) < 4.78 is 1.56. The number of aryl methyl sites for hydroxylation is 1. The molecule has 0 radical (unpaired) electrons. The Hall–Kier alpha value is -3.09. The molecule has 0 fully saturated rings. The van der Waals surface area contributed by atoms with Crippen LogP contribution >= 0.6 is 0 Å². The van der Waals surface area contributed by atoms with Gasteiger partial charge in [0, 0.05) is 36.3 Å². The van der Waals surface area contributed by atoms with Gasteiger partial charge in [-0.25, -0.2) is 4.68 Å². The third kappa shape index (κ3) is 2.76. The summed E-state index contributed by atoms with van der Waals surface area (Å²) in [6, 6.07) is 10.6. The molecule has 0 spiro atoms. The van der Waals surface area contributed by atoms with E-state index in [2.05, 4.69) is 25.8 Å². The molecular formula is C14H12N6O. The molecule has 0 unspecified atom stereocenters. The van der Waals surface area contributed by atoms with Crippen LogP contribution in [-0.2, 0) is 7.05 Å². The van der Waals surface area contributed by atoms with E-state index >= 15 is 0 Å². The summed E-state index contributed by atoms with van der Waals surface area (Å²) in [6.07, 6.45) is 3.24. The average Bonchev–Trinajstić information content (AvgIpc) is 2.94. The minimum absolute atomic E-state index is 0.196. The Morgan fingerprint density at radius 2 is 2.00 bits per heavy atom. The SMILES string of the molecule is Cn1nnnc1-c1cccc(C(=O)Nc2ccncc2)c1. The van der Waals surface area contributed by atoms with Gasteiger partial charge in [-0.1, -0.05) is 12.1 Å². The van der Waals surface area contributed by atoms with Crippen LogP contribution in [0.15, 0.2) is 48.8 Å². The van der Waals surface area contributed by atoms with Crippen LogP contribution in [0, 0.1) is 0 Å². The third-order valence-corrected chi connectivity index (χ3v) is 2.94. The molecule has 0 aliphatic carbocycles.